The molecule has 0 amide bonds. The van der Waals surface area contributed by atoms with Crippen LogP contribution < -0.4 is 5.32 Å². The lowest BCUT2D eigenvalue weighted by Gasteiger charge is -2.08. The van der Waals surface area contributed by atoms with E-state index in [1.165, 1.54) is 24.3 Å². The van der Waals surface area contributed by atoms with Gasteiger partial charge >= 0.3 is 0 Å². The van der Waals surface area contributed by atoms with Crippen LogP contribution in [0.1, 0.15) is 19.4 Å². The number of nitrogens with one attached hydrogen (secondary N) is 1. The summed E-state index contributed by atoms with van der Waals surface area (Å²) in [6.07, 6.45) is 1.53. The molecule has 5 heteroatoms. The second kappa shape index (κ2) is 4.23. The third kappa shape index (κ3) is 2.25. The second-order valence-corrected chi connectivity index (χ2v) is 6.30. The molecule has 0 aromatic heterocycles. The van der Waals surface area contributed by atoms with Crippen molar-refractivity contribution in [1.29, 1.82) is 0 Å². The van der Waals surface area contributed by atoms with Gasteiger partial charge in [-0.1, -0.05) is 13.8 Å². The zero-order valence-electron chi connectivity index (χ0n) is 9.70. The average Bonchev–Trinajstić information content (AvgIpc) is 2.46. The Morgan fingerprint density at radius 2 is 2.06 bits per heavy atom. The first-order valence-electron chi connectivity index (χ1n) is 5.40. The van der Waals surface area contributed by atoms with E-state index >= 15 is 0 Å². The summed E-state index contributed by atoms with van der Waals surface area (Å²) in [5.74, 6) is -0.423. The molecule has 0 atom stereocenters. The molecule has 0 saturated heterocycles. The first-order chi connectivity index (χ1) is 7.91. The first kappa shape index (κ1) is 12.3. The molecule has 0 fully saturated rings. The molecule has 1 aliphatic rings. The molecule has 0 aliphatic carbocycles. The molecular formula is C12H14FNO2S. The van der Waals surface area contributed by atoms with E-state index in [1.54, 1.807) is 0 Å². The van der Waals surface area contributed by atoms with Gasteiger partial charge in [-0.25, -0.2) is 12.8 Å². The lowest BCUT2D eigenvalue weighted by atomic mass is 10.2. The number of halogens is 1. The van der Waals surface area contributed by atoms with Gasteiger partial charge in [0.25, 0.3) is 0 Å². The van der Waals surface area contributed by atoms with E-state index in [4.69, 9.17) is 0 Å². The predicted octanol–water partition coefficient (Wildman–Crippen LogP) is 1.95. The van der Waals surface area contributed by atoms with Crippen molar-refractivity contribution >= 4 is 15.9 Å². The van der Waals surface area contributed by atoms with E-state index in [-0.39, 0.29) is 17.5 Å². The highest BCUT2D eigenvalue weighted by atomic mass is 32.2. The Bertz CT molecular complexity index is 576. The normalized spacial score (nSPS) is 17.1. The van der Waals surface area contributed by atoms with Gasteiger partial charge in [0.15, 0.2) is 0 Å². The Morgan fingerprint density at radius 1 is 1.35 bits per heavy atom. The first-order valence-corrected chi connectivity index (χ1v) is 6.88. The number of fused-ring (bicyclic) bond motifs is 1. The molecule has 0 bridgehead atoms. The topological polar surface area (TPSA) is 46.2 Å². The number of benzene rings is 1. The third-order valence-corrected chi connectivity index (χ3v) is 4.51. The van der Waals surface area contributed by atoms with Crippen molar-refractivity contribution in [3.8, 4) is 0 Å². The fraction of sp³-hybridized carbons (Fsp3) is 0.333. The summed E-state index contributed by atoms with van der Waals surface area (Å²) in [5.41, 5.74) is 0.436. The maximum absolute atomic E-state index is 13.0. The number of hydrogen-bond donors (Lipinski definition) is 1. The third-order valence-electron chi connectivity index (χ3n) is 2.61. The average molecular weight is 255 g/mol. The standard InChI is InChI=1S/C12H14FNO2S/c1-8(2)14-7-11-6-9-5-10(13)3-4-12(9)17(11,15)16/h3-6,8,14H,7H2,1-2H3. The van der Waals surface area contributed by atoms with Gasteiger partial charge in [0.2, 0.25) is 9.84 Å². The second-order valence-electron chi connectivity index (χ2n) is 4.33. The highest BCUT2D eigenvalue weighted by Crippen LogP contribution is 2.32. The summed E-state index contributed by atoms with van der Waals surface area (Å²) < 4.78 is 37.2. The Morgan fingerprint density at radius 3 is 2.71 bits per heavy atom. The minimum Gasteiger partial charge on any atom is -0.310 e. The van der Waals surface area contributed by atoms with Crippen LogP contribution in [-0.2, 0) is 9.84 Å². The van der Waals surface area contributed by atoms with Crippen LogP contribution in [0.15, 0.2) is 28.0 Å². The van der Waals surface area contributed by atoms with Gasteiger partial charge in [-0.2, -0.15) is 0 Å². The van der Waals surface area contributed by atoms with Crippen LogP contribution in [-0.4, -0.2) is 21.0 Å². The summed E-state index contributed by atoms with van der Waals surface area (Å²) in [7, 11) is -3.43. The van der Waals surface area contributed by atoms with Gasteiger partial charge in [-0.15, -0.1) is 0 Å². The lowest BCUT2D eigenvalue weighted by molar-refractivity contribution is 0.593. The molecule has 3 nitrogen and oxygen atoms in total. The van der Waals surface area contributed by atoms with Crippen molar-refractivity contribution in [2.75, 3.05) is 6.54 Å². The molecule has 0 spiro atoms. The van der Waals surface area contributed by atoms with E-state index < -0.39 is 15.7 Å². The predicted molar refractivity (Wildman–Crippen MR) is 64.7 cm³/mol. The summed E-state index contributed by atoms with van der Waals surface area (Å²) in [6.45, 7) is 4.15. The Hall–Kier alpha value is -1.20. The highest BCUT2D eigenvalue weighted by molar-refractivity contribution is 7.95. The van der Waals surface area contributed by atoms with Gasteiger partial charge in [0.05, 0.1) is 9.80 Å². The molecule has 1 aliphatic heterocycles. The van der Waals surface area contributed by atoms with E-state index in [9.17, 15) is 12.8 Å². The Kier molecular flexibility index (Phi) is 3.05. The smallest absolute Gasteiger partial charge is 0.204 e. The number of hydrogen-bond acceptors (Lipinski definition) is 3. The van der Waals surface area contributed by atoms with Crippen LogP contribution in [0.2, 0.25) is 0 Å². The number of rotatable bonds is 3. The van der Waals surface area contributed by atoms with E-state index in [1.807, 2.05) is 13.8 Å². The van der Waals surface area contributed by atoms with Crippen LogP contribution in [0.5, 0.6) is 0 Å². The summed E-state index contributed by atoms with van der Waals surface area (Å²) in [6, 6.07) is 3.93. The molecule has 1 aromatic rings. The maximum atomic E-state index is 13.0. The fourth-order valence-corrected chi connectivity index (χ4v) is 3.23. The lowest BCUT2D eigenvalue weighted by Crippen LogP contribution is -2.26. The Balaban J connectivity index is 2.37. The van der Waals surface area contributed by atoms with Crippen LogP contribution in [0.4, 0.5) is 4.39 Å². The molecule has 17 heavy (non-hydrogen) atoms. The van der Waals surface area contributed by atoms with Gasteiger partial charge < -0.3 is 5.32 Å². The summed E-state index contributed by atoms with van der Waals surface area (Å²) >= 11 is 0. The van der Waals surface area contributed by atoms with Crippen molar-refractivity contribution in [2.45, 2.75) is 24.8 Å². The number of sulfone groups is 1. The summed E-state index contributed by atoms with van der Waals surface area (Å²) in [5, 5.41) is 3.05. The van der Waals surface area contributed by atoms with E-state index in [0.29, 0.717) is 10.5 Å². The quantitative estimate of drug-likeness (QED) is 0.840. The molecule has 92 valence electrons. The van der Waals surface area contributed by atoms with Crippen molar-refractivity contribution in [1.82, 2.24) is 5.32 Å². The molecule has 0 radical (unpaired) electrons. The monoisotopic (exact) mass is 255 g/mol. The minimum atomic E-state index is -3.43. The molecular weight excluding hydrogens is 241 g/mol. The highest BCUT2D eigenvalue weighted by Gasteiger charge is 2.29. The Labute approximate surface area is 100 Å². The zero-order valence-corrected chi connectivity index (χ0v) is 10.5. The van der Waals surface area contributed by atoms with Gasteiger partial charge in [0, 0.05) is 12.6 Å². The SMILES string of the molecule is CC(C)NCC1=Cc2cc(F)ccc2S1(=O)=O. The van der Waals surface area contributed by atoms with Gasteiger partial charge in [-0.05, 0) is 29.8 Å². The van der Waals surface area contributed by atoms with E-state index in [0.717, 1.165) is 0 Å². The van der Waals surface area contributed by atoms with Crippen LogP contribution in [0.25, 0.3) is 6.08 Å². The molecule has 1 heterocycles. The maximum Gasteiger partial charge on any atom is 0.204 e. The molecule has 0 unspecified atom stereocenters. The summed E-state index contributed by atoms with van der Waals surface area (Å²) in [4.78, 5) is 0.492. The molecule has 1 aromatic carbocycles. The van der Waals surface area contributed by atoms with Crippen molar-refractivity contribution in [3.05, 3.63) is 34.5 Å². The molecule has 0 saturated carbocycles. The largest absolute Gasteiger partial charge is 0.310 e. The van der Waals surface area contributed by atoms with Crippen molar-refractivity contribution in [2.24, 2.45) is 0 Å². The fourth-order valence-electron chi connectivity index (χ4n) is 1.72. The van der Waals surface area contributed by atoms with Gasteiger partial charge in [-0.3, -0.25) is 0 Å². The van der Waals surface area contributed by atoms with Crippen LogP contribution >= 0.6 is 0 Å². The van der Waals surface area contributed by atoms with Gasteiger partial charge in [0.1, 0.15) is 5.82 Å². The molecule has 1 N–H and O–H groups in total. The van der Waals surface area contributed by atoms with Crippen molar-refractivity contribution in [3.63, 3.8) is 0 Å². The zero-order chi connectivity index (χ0) is 12.6. The minimum absolute atomic E-state index is 0.194. The van der Waals surface area contributed by atoms with Crippen LogP contribution in [0, 0.1) is 5.82 Å². The van der Waals surface area contributed by atoms with Crippen molar-refractivity contribution < 1.29 is 12.8 Å². The molecule has 2 rings (SSSR count). The van der Waals surface area contributed by atoms with E-state index in [2.05, 4.69) is 5.32 Å². The van der Waals surface area contributed by atoms with Crippen LogP contribution in [0.3, 0.4) is 0 Å².